The normalized spacial score (nSPS) is 16.8. The molecule has 1 N–H and O–H groups in total. The maximum absolute atomic E-state index is 12.3. The van der Waals surface area contributed by atoms with Gasteiger partial charge >= 0.3 is 12.1 Å². The van der Waals surface area contributed by atoms with E-state index in [0.29, 0.717) is 11.4 Å². The molecule has 9 nitrogen and oxygen atoms in total. The van der Waals surface area contributed by atoms with E-state index in [4.69, 9.17) is 9.47 Å². The quantitative estimate of drug-likeness (QED) is 0.795. The number of methoxy groups -OCH3 is 1. The van der Waals surface area contributed by atoms with Crippen LogP contribution >= 0.6 is 0 Å². The lowest BCUT2D eigenvalue weighted by Gasteiger charge is -2.33. The van der Waals surface area contributed by atoms with Gasteiger partial charge in [-0.05, 0) is 19.1 Å². The molecule has 25 heavy (non-hydrogen) atoms. The molecule has 0 aliphatic carbocycles. The Hall–Kier alpha value is -3.10. The van der Waals surface area contributed by atoms with Gasteiger partial charge in [-0.2, -0.15) is 0 Å². The number of benzene rings is 1. The minimum absolute atomic E-state index is 0.0451. The predicted molar refractivity (Wildman–Crippen MR) is 85.0 cm³/mol. The molecule has 2 atom stereocenters. The van der Waals surface area contributed by atoms with Crippen LogP contribution in [0, 0.1) is 0 Å². The van der Waals surface area contributed by atoms with E-state index in [1.807, 2.05) is 5.32 Å². The number of hydrogen-bond acceptors (Lipinski definition) is 7. The third-order valence-corrected chi connectivity index (χ3v) is 3.49. The monoisotopic (exact) mass is 350 g/mol. The Bertz CT molecular complexity index is 703. The molecule has 3 amide bonds. The van der Waals surface area contributed by atoms with Crippen molar-refractivity contribution in [3.63, 3.8) is 0 Å². The molecule has 9 heteroatoms. The third-order valence-electron chi connectivity index (χ3n) is 3.49. The number of amides is 3. The van der Waals surface area contributed by atoms with Crippen molar-refractivity contribution in [2.24, 2.45) is 0 Å². The number of ether oxygens (including phenoxy) is 3. The number of alkyl carbamates (subject to hydrolysis) is 1. The number of nitrogens with one attached hydrogen (secondary N) is 1. The Kier molecular flexibility index (Phi) is 5.58. The zero-order valence-corrected chi connectivity index (χ0v) is 14.0. The van der Waals surface area contributed by atoms with Crippen LogP contribution < -0.4 is 15.0 Å². The standard InChI is InChI=1S/C16H18N2O7/c1-9(14(20)17-16(22)23-3)24-15(21)13-8-18(10(2)19)11-6-4-5-7-12(11)25-13/h4-7,9,13H,8H2,1-3H3,(H,17,20,22)/t9-,13+/m0/s1. The van der Waals surface area contributed by atoms with Gasteiger partial charge in [0.05, 0.1) is 19.3 Å². The molecular weight excluding hydrogens is 332 g/mol. The van der Waals surface area contributed by atoms with E-state index >= 15 is 0 Å². The lowest BCUT2D eigenvalue weighted by molar-refractivity contribution is -0.161. The fourth-order valence-corrected chi connectivity index (χ4v) is 2.21. The van der Waals surface area contributed by atoms with E-state index in [0.717, 1.165) is 7.11 Å². The number of hydrogen-bond donors (Lipinski definition) is 1. The van der Waals surface area contributed by atoms with Crippen LogP contribution in [0.1, 0.15) is 13.8 Å². The second-order valence-corrected chi connectivity index (χ2v) is 5.26. The molecule has 0 bridgehead atoms. The Balaban J connectivity index is 2.06. The number of para-hydroxylation sites is 2. The van der Waals surface area contributed by atoms with Gasteiger partial charge in [-0.3, -0.25) is 14.9 Å². The Morgan fingerprint density at radius 3 is 2.60 bits per heavy atom. The van der Waals surface area contributed by atoms with Crippen LogP contribution in [-0.2, 0) is 23.9 Å². The van der Waals surface area contributed by atoms with Crippen molar-refractivity contribution < 1.29 is 33.4 Å². The first-order chi connectivity index (χ1) is 11.8. The number of rotatable bonds is 3. The van der Waals surface area contributed by atoms with E-state index in [2.05, 4.69) is 4.74 Å². The maximum Gasteiger partial charge on any atom is 0.413 e. The minimum Gasteiger partial charge on any atom is -0.475 e. The van der Waals surface area contributed by atoms with Crippen molar-refractivity contribution >= 4 is 29.6 Å². The molecule has 2 rings (SSSR count). The number of fused-ring (bicyclic) bond motifs is 1. The van der Waals surface area contributed by atoms with E-state index in [1.54, 1.807) is 24.3 Å². The average Bonchev–Trinajstić information content (AvgIpc) is 2.60. The summed E-state index contributed by atoms with van der Waals surface area (Å²) in [5.41, 5.74) is 0.551. The lowest BCUT2D eigenvalue weighted by atomic mass is 10.2. The van der Waals surface area contributed by atoms with Crippen LogP contribution in [0.5, 0.6) is 5.75 Å². The maximum atomic E-state index is 12.3. The molecule has 1 heterocycles. The van der Waals surface area contributed by atoms with Gasteiger partial charge in [0.1, 0.15) is 5.75 Å². The largest absolute Gasteiger partial charge is 0.475 e. The van der Waals surface area contributed by atoms with Crippen LogP contribution in [-0.4, -0.2) is 49.7 Å². The zero-order valence-electron chi connectivity index (χ0n) is 14.0. The predicted octanol–water partition coefficient (Wildman–Crippen LogP) is 0.615. The SMILES string of the molecule is COC(=O)NC(=O)[C@H](C)OC(=O)[C@H]1CN(C(C)=O)c2ccccc2O1. The molecule has 0 fully saturated rings. The molecule has 1 aliphatic heterocycles. The lowest BCUT2D eigenvalue weighted by Crippen LogP contribution is -2.49. The topological polar surface area (TPSA) is 111 Å². The molecule has 0 saturated heterocycles. The summed E-state index contributed by atoms with van der Waals surface area (Å²) >= 11 is 0. The summed E-state index contributed by atoms with van der Waals surface area (Å²) < 4.78 is 14.9. The average molecular weight is 350 g/mol. The highest BCUT2D eigenvalue weighted by Gasteiger charge is 2.35. The number of nitrogens with zero attached hydrogens (tertiary/aromatic N) is 1. The van der Waals surface area contributed by atoms with Gasteiger partial charge in [0.25, 0.3) is 5.91 Å². The van der Waals surface area contributed by atoms with Crippen LogP contribution in [0.25, 0.3) is 0 Å². The van der Waals surface area contributed by atoms with Crippen molar-refractivity contribution in [1.29, 1.82) is 0 Å². The van der Waals surface area contributed by atoms with Crippen LogP contribution in [0.4, 0.5) is 10.5 Å². The molecule has 0 radical (unpaired) electrons. The molecule has 0 aromatic heterocycles. The first-order valence-corrected chi connectivity index (χ1v) is 7.46. The number of esters is 1. The Labute approximate surface area is 143 Å². The first-order valence-electron chi connectivity index (χ1n) is 7.46. The number of carbonyl (C=O) groups excluding carboxylic acids is 4. The van der Waals surface area contributed by atoms with E-state index in [9.17, 15) is 19.2 Å². The molecule has 134 valence electrons. The Morgan fingerprint density at radius 2 is 1.96 bits per heavy atom. The number of anilines is 1. The van der Waals surface area contributed by atoms with Crippen molar-refractivity contribution in [1.82, 2.24) is 5.32 Å². The first kappa shape index (κ1) is 18.2. The van der Waals surface area contributed by atoms with Crippen LogP contribution in [0.15, 0.2) is 24.3 Å². The highest BCUT2D eigenvalue weighted by Crippen LogP contribution is 2.33. The van der Waals surface area contributed by atoms with Gasteiger partial charge in [-0.1, -0.05) is 12.1 Å². The van der Waals surface area contributed by atoms with Gasteiger partial charge in [0.15, 0.2) is 6.10 Å². The van der Waals surface area contributed by atoms with Gasteiger partial charge in [0.2, 0.25) is 12.0 Å². The van der Waals surface area contributed by atoms with Gasteiger partial charge in [-0.25, -0.2) is 9.59 Å². The van der Waals surface area contributed by atoms with Crippen molar-refractivity contribution in [3.8, 4) is 5.75 Å². The Morgan fingerprint density at radius 1 is 1.28 bits per heavy atom. The fourth-order valence-electron chi connectivity index (χ4n) is 2.21. The molecule has 0 unspecified atom stereocenters. The van der Waals surface area contributed by atoms with Crippen molar-refractivity contribution in [2.45, 2.75) is 26.1 Å². The third kappa shape index (κ3) is 4.25. The second-order valence-electron chi connectivity index (χ2n) is 5.26. The second kappa shape index (κ2) is 7.65. The summed E-state index contributed by atoms with van der Waals surface area (Å²) in [5.74, 6) is -1.56. The summed E-state index contributed by atoms with van der Waals surface area (Å²) in [6.45, 7) is 2.63. The molecule has 1 aliphatic rings. The van der Waals surface area contributed by atoms with E-state index in [-0.39, 0.29) is 12.5 Å². The minimum atomic E-state index is -1.24. The summed E-state index contributed by atoms with van der Waals surface area (Å²) in [6.07, 6.45) is -3.29. The molecular formula is C16H18N2O7. The van der Waals surface area contributed by atoms with Crippen LogP contribution in [0.2, 0.25) is 0 Å². The van der Waals surface area contributed by atoms with Gasteiger partial charge < -0.3 is 19.1 Å². The summed E-state index contributed by atoms with van der Waals surface area (Å²) in [7, 11) is 1.10. The van der Waals surface area contributed by atoms with E-state index in [1.165, 1.54) is 18.7 Å². The van der Waals surface area contributed by atoms with Crippen molar-refractivity contribution in [2.75, 3.05) is 18.6 Å². The van der Waals surface area contributed by atoms with Crippen LogP contribution in [0.3, 0.4) is 0 Å². The molecule has 1 aromatic carbocycles. The van der Waals surface area contributed by atoms with E-state index < -0.39 is 30.2 Å². The number of carbonyl (C=O) groups is 4. The summed E-state index contributed by atoms with van der Waals surface area (Å²) in [5, 5.41) is 1.90. The summed E-state index contributed by atoms with van der Waals surface area (Å²) in [6, 6.07) is 6.77. The zero-order chi connectivity index (χ0) is 18.6. The highest BCUT2D eigenvalue weighted by molar-refractivity contribution is 5.97. The smallest absolute Gasteiger partial charge is 0.413 e. The van der Waals surface area contributed by atoms with Gasteiger partial charge in [0, 0.05) is 6.92 Å². The number of imide groups is 1. The molecule has 0 spiro atoms. The molecule has 1 aromatic rings. The fraction of sp³-hybridized carbons (Fsp3) is 0.375. The highest BCUT2D eigenvalue weighted by atomic mass is 16.6. The van der Waals surface area contributed by atoms with Crippen molar-refractivity contribution in [3.05, 3.63) is 24.3 Å². The molecule has 0 saturated carbocycles. The summed E-state index contributed by atoms with van der Waals surface area (Å²) in [4.78, 5) is 48.2. The van der Waals surface area contributed by atoms with Gasteiger partial charge in [-0.15, -0.1) is 0 Å².